The molecule has 3 aliphatic rings. The van der Waals surface area contributed by atoms with Gasteiger partial charge in [-0.2, -0.15) is 0 Å². The van der Waals surface area contributed by atoms with Gasteiger partial charge in [-0.05, 0) is 12.8 Å². The predicted molar refractivity (Wildman–Crippen MR) is 287 cm³/mol. The smallest absolute Gasteiger partial charge is 0.220 e. The normalized spacial score (nSPS) is 31.0. The van der Waals surface area contributed by atoms with Crippen molar-refractivity contribution in [3.05, 3.63) is 12.2 Å². The third-order valence-corrected chi connectivity index (χ3v) is 15.3. The van der Waals surface area contributed by atoms with Gasteiger partial charge >= 0.3 is 0 Å². The van der Waals surface area contributed by atoms with Crippen LogP contribution in [0.25, 0.3) is 0 Å². The highest BCUT2D eigenvalue weighted by Crippen LogP contribution is 2.33. The summed E-state index contributed by atoms with van der Waals surface area (Å²) in [5.74, 6) is -0.284. The molecular formula is C57H107NO18. The number of carbonyl (C=O) groups is 1. The van der Waals surface area contributed by atoms with Gasteiger partial charge in [-0.1, -0.05) is 206 Å². The van der Waals surface area contributed by atoms with Gasteiger partial charge in [-0.15, -0.1) is 0 Å². The second-order valence-corrected chi connectivity index (χ2v) is 21.8. The van der Waals surface area contributed by atoms with Crippen molar-refractivity contribution in [2.24, 2.45) is 0 Å². The number of ether oxygens (including phenoxy) is 6. The summed E-state index contributed by atoms with van der Waals surface area (Å²) in [6.45, 7) is 1.50. The monoisotopic (exact) mass is 1090 g/mol. The number of allylic oxidation sites excluding steroid dienone is 1. The number of nitrogens with one attached hydrogen (secondary N) is 1. The summed E-state index contributed by atoms with van der Waals surface area (Å²) >= 11 is 0. The largest absolute Gasteiger partial charge is 0.394 e. The number of carbonyl (C=O) groups excluding carboxylic acids is 1. The highest BCUT2D eigenvalue weighted by Gasteiger charge is 2.53. The van der Waals surface area contributed by atoms with Gasteiger partial charge in [-0.25, -0.2) is 0 Å². The molecule has 19 heteroatoms. The van der Waals surface area contributed by atoms with Crippen LogP contribution in [0.15, 0.2) is 12.2 Å². The minimum Gasteiger partial charge on any atom is -0.394 e. The zero-order valence-electron chi connectivity index (χ0n) is 46.5. The Morgan fingerprint density at radius 2 is 0.816 bits per heavy atom. The van der Waals surface area contributed by atoms with E-state index in [0.29, 0.717) is 12.8 Å². The Kier molecular flexibility index (Phi) is 37.6. The first-order valence-electron chi connectivity index (χ1n) is 29.9. The summed E-state index contributed by atoms with van der Waals surface area (Å²) in [6.07, 6.45) is 15.0. The summed E-state index contributed by atoms with van der Waals surface area (Å²) in [5.41, 5.74) is 0. The van der Waals surface area contributed by atoms with Crippen LogP contribution in [-0.4, -0.2) is 193 Å². The van der Waals surface area contributed by atoms with E-state index in [0.717, 1.165) is 25.7 Å². The van der Waals surface area contributed by atoms with Gasteiger partial charge < -0.3 is 89.9 Å². The maximum absolute atomic E-state index is 13.1. The van der Waals surface area contributed by atoms with Crippen LogP contribution in [0.4, 0.5) is 0 Å². The number of unbranched alkanes of at least 4 members (excludes halogenated alkanes) is 28. The predicted octanol–water partition coefficient (Wildman–Crippen LogP) is 4.99. The molecule has 3 heterocycles. The van der Waals surface area contributed by atoms with Crippen molar-refractivity contribution in [1.29, 1.82) is 0 Å². The summed E-state index contributed by atoms with van der Waals surface area (Å²) in [5, 5.41) is 119. The number of hydrogen-bond acceptors (Lipinski definition) is 18. The standard InChI is InChI=1S/C57H107NO18/c1-3-5-7-8-9-10-11-12-13-14-15-16-17-18-19-20-21-22-23-24-25-26-27-28-29-30-31-33-35-45(63)58-40(41(62)34-32-6-4-2)39-71-55-51(69)48(66)53(43(37-60)73-55)76-57-52(70)49(67)54(44(38-61)74-57)75-56-50(68)47(65)46(64)42(36-59)72-56/h32,34,40-44,46-57,59-62,64-70H,3-31,33,35-39H2,1-2H3,(H,58,63)/b34-32+. The van der Waals surface area contributed by atoms with Crippen molar-refractivity contribution >= 4 is 5.91 Å². The Hall–Kier alpha value is -1.47. The molecule has 448 valence electrons. The fourth-order valence-corrected chi connectivity index (χ4v) is 10.4. The number of amides is 1. The van der Waals surface area contributed by atoms with Crippen LogP contribution in [0.2, 0.25) is 0 Å². The van der Waals surface area contributed by atoms with Crippen LogP contribution >= 0.6 is 0 Å². The van der Waals surface area contributed by atoms with Crippen molar-refractivity contribution in [2.75, 3.05) is 26.4 Å². The zero-order valence-corrected chi connectivity index (χ0v) is 46.5. The molecule has 0 radical (unpaired) electrons. The van der Waals surface area contributed by atoms with Crippen molar-refractivity contribution in [1.82, 2.24) is 5.32 Å². The second-order valence-electron chi connectivity index (χ2n) is 21.8. The van der Waals surface area contributed by atoms with Crippen LogP contribution in [0, 0.1) is 0 Å². The third-order valence-electron chi connectivity index (χ3n) is 15.3. The van der Waals surface area contributed by atoms with Crippen molar-refractivity contribution in [3.8, 4) is 0 Å². The molecule has 3 saturated heterocycles. The lowest BCUT2D eigenvalue weighted by Gasteiger charge is -2.48. The zero-order chi connectivity index (χ0) is 55.5. The Morgan fingerprint density at radius 1 is 0.461 bits per heavy atom. The lowest BCUT2D eigenvalue weighted by atomic mass is 9.96. The molecule has 76 heavy (non-hydrogen) atoms. The topological polar surface area (TPSA) is 307 Å². The fraction of sp³-hybridized carbons (Fsp3) is 0.947. The molecule has 0 aromatic carbocycles. The van der Waals surface area contributed by atoms with Crippen LogP contribution in [0.5, 0.6) is 0 Å². The molecule has 0 spiro atoms. The first kappa shape index (κ1) is 68.8. The van der Waals surface area contributed by atoms with Gasteiger partial charge in [0.15, 0.2) is 18.9 Å². The van der Waals surface area contributed by atoms with Gasteiger partial charge in [0, 0.05) is 6.42 Å². The highest BCUT2D eigenvalue weighted by molar-refractivity contribution is 5.76. The first-order valence-corrected chi connectivity index (χ1v) is 29.9. The van der Waals surface area contributed by atoms with E-state index in [1.165, 1.54) is 154 Å². The molecular weight excluding hydrogens is 987 g/mol. The van der Waals surface area contributed by atoms with Gasteiger partial charge in [0.1, 0.15) is 73.2 Å². The highest BCUT2D eigenvalue weighted by atomic mass is 16.8. The van der Waals surface area contributed by atoms with E-state index in [-0.39, 0.29) is 18.9 Å². The molecule has 0 aromatic rings. The summed E-state index contributed by atoms with van der Waals surface area (Å²) in [7, 11) is 0. The Bertz CT molecular complexity index is 1450. The molecule has 17 unspecified atom stereocenters. The number of rotatable bonds is 44. The molecule has 0 saturated carbocycles. The SMILES string of the molecule is CCC/C=C/C(O)C(COC1OC(CO)C(OC2OC(CO)C(OC3OC(CO)C(O)C(O)C3O)C(O)C2O)C(O)C1O)NC(=O)CCCCCCCCCCCCCCCCCCCCCCCCCCCCCC. The molecule has 12 N–H and O–H groups in total. The summed E-state index contributed by atoms with van der Waals surface area (Å²) < 4.78 is 33.9. The van der Waals surface area contributed by atoms with Crippen molar-refractivity contribution in [2.45, 2.75) is 317 Å². The lowest BCUT2D eigenvalue weighted by molar-refractivity contribution is -0.379. The van der Waals surface area contributed by atoms with Gasteiger partial charge in [0.25, 0.3) is 0 Å². The summed E-state index contributed by atoms with van der Waals surface area (Å²) in [4.78, 5) is 13.1. The minimum atomic E-state index is -1.97. The van der Waals surface area contributed by atoms with E-state index < -0.39 is 124 Å². The lowest BCUT2D eigenvalue weighted by Crippen LogP contribution is -2.66. The van der Waals surface area contributed by atoms with Gasteiger partial charge in [-0.3, -0.25) is 4.79 Å². The van der Waals surface area contributed by atoms with E-state index in [4.69, 9.17) is 28.4 Å². The molecule has 17 atom stereocenters. The van der Waals surface area contributed by atoms with Gasteiger partial charge in [0.05, 0.1) is 38.6 Å². The number of aliphatic hydroxyl groups excluding tert-OH is 11. The molecule has 1 amide bonds. The van der Waals surface area contributed by atoms with E-state index in [1.807, 2.05) is 6.92 Å². The Balaban J connectivity index is 1.29. The van der Waals surface area contributed by atoms with Crippen molar-refractivity contribution < 1.29 is 89.4 Å². The van der Waals surface area contributed by atoms with Crippen LogP contribution < -0.4 is 5.32 Å². The van der Waals surface area contributed by atoms with Crippen LogP contribution in [0.1, 0.15) is 213 Å². The molecule has 3 aliphatic heterocycles. The van der Waals surface area contributed by atoms with Crippen LogP contribution in [0.3, 0.4) is 0 Å². The maximum Gasteiger partial charge on any atom is 0.220 e. The number of hydrogen-bond donors (Lipinski definition) is 12. The molecule has 0 aromatic heterocycles. The van der Waals surface area contributed by atoms with E-state index in [9.17, 15) is 61.0 Å². The summed E-state index contributed by atoms with van der Waals surface area (Å²) in [6, 6.07) is -0.963. The Labute approximate surface area is 455 Å². The molecule has 0 bridgehead atoms. The van der Waals surface area contributed by atoms with Gasteiger partial charge in [0.2, 0.25) is 5.91 Å². The first-order chi connectivity index (χ1) is 36.8. The van der Waals surface area contributed by atoms with Crippen molar-refractivity contribution in [3.63, 3.8) is 0 Å². The average Bonchev–Trinajstić information content (AvgIpc) is 3.42. The average molecular weight is 1090 g/mol. The minimum absolute atomic E-state index is 0.246. The molecule has 3 rings (SSSR count). The third kappa shape index (κ3) is 25.5. The van der Waals surface area contributed by atoms with Crippen LogP contribution in [-0.2, 0) is 33.2 Å². The molecule has 0 aliphatic carbocycles. The fourth-order valence-electron chi connectivity index (χ4n) is 10.4. The van der Waals surface area contributed by atoms with E-state index in [1.54, 1.807) is 12.2 Å². The van der Waals surface area contributed by atoms with E-state index >= 15 is 0 Å². The number of aliphatic hydroxyl groups is 11. The van der Waals surface area contributed by atoms with E-state index in [2.05, 4.69) is 12.2 Å². The molecule has 3 fully saturated rings. The second kappa shape index (κ2) is 41.5. The Morgan fingerprint density at radius 3 is 1.21 bits per heavy atom. The molecule has 19 nitrogen and oxygen atoms in total. The maximum atomic E-state index is 13.1. The quantitative estimate of drug-likeness (QED) is 0.0283.